The number of carbonyl (C=O) groups is 1. The van der Waals surface area contributed by atoms with Crippen molar-refractivity contribution in [3.63, 3.8) is 0 Å². The van der Waals surface area contributed by atoms with Crippen molar-refractivity contribution in [1.82, 2.24) is 0 Å². The number of hydrogen-bond donors (Lipinski definition) is 1. The molecule has 8 heteroatoms. The van der Waals surface area contributed by atoms with Gasteiger partial charge in [0.2, 0.25) is 10.0 Å². The minimum Gasteiger partial charge on any atom is -0.493 e. The van der Waals surface area contributed by atoms with E-state index in [1.807, 2.05) is 31.2 Å². The fourth-order valence-corrected chi connectivity index (χ4v) is 2.59. The van der Waals surface area contributed by atoms with Crippen molar-refractivity contribution in [2.24, 2.45) is 5.14 Å². The summed E-state index contributed by atoms with van der Waals surface area (Å²) in [6.07, 6.45) is 0.136. The zero-order valence-corrected chi connectivity index (χ0v) is 15.2. The number of esters is 1. The molecular formula is C18H21NO6S. The van der Waals surface area contributed by atoms with Gasteiger partial charge >= 0.3 is 5.97 Å². The normalized spacial score (nSPS) is 11.0. The summed E-state index contributed by atoms with van der Waals surface area (Å²) in [4.78, 5) is 11.6. The van der Waals surface area contributed by atoms with Crippen LogP contribution in [0, 0.1) is 6.92 Å². The highest BCUT2D eigenvalue weighted by molar-refractivity contribution is 7.89. The van der Waals surface area contributed by atoms with Gasteiger partial charge in [0, 0.05) is 0 Å². The second-order valence-corrected chi connectivity index (χ2v) is 7.06. The highest BCUT2D eigenvalue weighted by Gasteiger charge is 2.07. The molecule has 0 amide bonds. The van der Waals surface area contributed by atoms with Gasteiger partial charge in [0.25, 0.3) is 0 Å². The Morgan fingerprint density at radius 3 is 2.31 bits per heavy atom. The van der Waals surface area contributed by atoms with Crippen LogP contribution >= 0.6 is 0 Å². The quantitative estimate of drug-likeness (QED) is 0.528. The SMILES string of the molecule is Cc1cccc(OCCC(=O)OCCOc2ccc(S(N)(=O)=O)cc2)c1. The van der Waals surface area contributed by atoms with Gasteiger partial charge in [-0.25, -0.2) is 13.6 Å². The number of nitrogens with two attached hydrogens (primary N) is 1. The summed E-state index contributed by atoms with van der Waals surface area (Å²) in [6, 6.07) is 13.2. The van der Waals surface area contributed by atoms with Crippen LogP contribution in [0.5, 0.6) is 11.5 Å². The Bertz CT molecular complexity index is 833. The van der Waals surface area contributed by atoms with Crippen molar-refractivity contribution in [1.29, 1.82) is 0 Å². The van der Waals surface area contributed by atoms with E-state index in [0.29, 0.717) is 11.5 Å². The molecule has 0 radical (unpaired) electrons. The van der Waals surface area contributed by atoms with E-state index in [9.17, 15) is 13.2 Å². The van der Waals surface area contributed by atoms with Crippen molar-refractivity contribution in [2.75, 3.05) is 19.8 Å². The van der Waals surface area contributed by atoms with Gasteiger partial charge in [-0.15, -0.1) is 0 Å². The van der Waals surface area contributed by atoms with Crippen LogP contribution < -0.4 is 14.6 Å². The third kappa shape index (κ3) is 6.73. The largest absolute Gasteiger partial charge is 0.493 e. The average molecular weight is 379 g/mol. The number of ether oxygens (including phenoxy) is 3. The second-order valence-electron chi connectivity index (χ2n) is 5.50. The van der Waals surface area contributed by atoms with Crippen LogP contribution in [-0.2, 0) is 19.6 Å². The summed E-state index contributed by atoms with van der Waals surface area (Å²) in [5.41, 5.74) is 1.08. The number of benzene rings is 2. The minimum absolute atomic E-state index is 0.00453. The zero-order valence-electron chi connectivity index (χ0n) is 14.4. The van der Waals surface area contributed by atoms with Gasteiger partial charge in [-0.05, 0) is 48.9 Å². The van der Waals surface area contributed by atoms with Crippen LogP contribution in [0.25, 0.3) is 0 Å². The summed E-state index contributed by atoms with van der Waals surface area (Å²) < 4.78 is 38.2. The van der Waals surface area contributed by atoms with Crippen molar-refractivity contribution >= 4 is 16.0 Å². The standard InChI is InChI=1S/C18H21NO6S/c1-14-3-2-4-16(13-14)23-10-9-18(20)25-12-11-24-15-5-7-17(8-6-15)26(19,21)22/h2-8,13H,9-12H2,1H3,(H2,19,21,22). The molecule has 0 aliphatic rings. The second kappa shape index (κ2) is 9.21. The molecule has 0 saturated carbocycles. The Morgan fingerprint density at radius 2 is 1.65 bits per heavy atom. The van der Waals surface area contributed by atoms with Crippen molar-refractivity contribution < 1.29 is 27.4 Å². The van der Waals surface area contributed by atoms with E-state index < -0.39 is 10.0 Å². The fourth-order valence-electron chi connectivity index (χ4n) is 2.07. The predicted molar refractivity (Wildman–Crippen MR) is 95.6 cm³/mol. The molecule has 0 aromatic heterocycles. The van der Waals surface area contributed by atoms with Crippen LogP contribution in [0.3, 0.4) is 0 Å². The Labute approximate surface area is 152 Å². The highest BCUT2D eigenvalue weighted by Crippen LogP contribution is 2.15. The molecule has 0 aliphatic carbocycles. The summed E-state index contributed by atoms with van der Waals surface area (Å²) >= 11 is 0. The van der Waals surface area contributed by atoms with E-state index in [-0.39, 0.29) is 37.1 Å². The maximum Gasteiger partial charge on any atom is 0.309 e. The number of sulfonamides is 1. The van der Waals surface area contributed by atoms with E-state index in [4.69, 9.17) is 19.3 Å². The lowest BCUT2D eigenvalue weighted by Gasteiger charge is -2.09. The molecule has 0 heterocycles. The monoisotopic (exact) mass is 379 g/mol. The Balaban J connectivity index is 1.62. The van der Waals surface area contributed by atoms with Crippen molar-refractivity contribution in [2.45, 2.75) is 18.2 Å². The van der Waals surface area contributed by atoms with Gasteiger partial charge in [0.05, 0.1) is 17.9 Å². The molecule has 140 valence electrons. The smallest absolute Gasteiger partial charge is 0.309 e. The van der Waals surface area contributed by atoms with Crippen LogP contribution in [0.4, 0.5) is 0 Å². The van der Waals surface area contributed by atoms with E-state index in [1.54, 1.807) is 0 Å². The Hall–Kier alpha value is -2.58. The van der Waals surface area contributed by atoms with Gasteiger partial charge in [0.1, 0.15) is 24.7 Å². The fraction of sp³-hybridized carbons (Fsp3) is 0.278. The lowest BCUT2D eigenvalue weighted by Crippen LogP contribution is -2.15. The molecule has 2 N–H and O–H groups in total. The third-order valence-electron chi connectivity index (χ3n) is 3.33. The molecule has 0 bridgehead atoms. The van der Waals surface area contributed by atoms with Crippen LogP contribution in [0.1, 0.15) is 12.0 Å². The molecule has 26 heavy (non-hydrogen) atoms. The van der Waals surface area contributed by atoms with E-state index in [2.05, 4.69) is 0 Å². The first kappa shape index (κ1) is 19.7. The predicted octanol–water partition coefficient (Wildman–Crippen LogP) is 2.03. The number of rotatable bonds is 9. The van der Waals surface area contributed by atoms with Crippen molar-refractivity contribution in [3.05, 3.63) is 54.1 Å². The molecule has 7 nitrogen and oxygen atoms in total. The molecule has 0 atom stereocenters. The van der Waals surface area contributed by atoms with Gasteiger partial charge in [-0.3, -0.25) is 4.79 Å². The number of hydrogen-bond acceptors (Lipinski definition) is 6. The first-order chi connectivity index (χ1) is 12.3. The lowest BCUT2D eigenvalue weighted by atomic mass is 10.2. The lowest BCUT2D eigenvalue weighted by molar-refractivity contribution is -0.144. The van der Waals surface area contributed by atoms with Gasteiger partial charge in [-0.2, -0.15) is 0 Å². The van der Waals surface area contributed by atoms with E-state index in [0.717, 1.165) is 5.56 Å². The van der Waals surface area contributed by atoms with Gasteiger partial charge in [0.15, 0.2) is 0 Å². The molecule has 0 unspecified atom stereocenters. The van der Waals surface area contributed by atoms with Gasteiger partial charge in [-0.1, -0.05) is 12.1 Å². The zero-order chi connectivity index (χ0) is 19.0. The average Bonchev–Trinajstić information content (AvgIpc) is 2.58. The maximum absolute atomic E-state index is 11.6. The summed E-state index contributed by atoms with van der Waals surface area (Å²) in [6.45, 7) is 2.43. The van der Waals surface area contributed by atoms with Crippen LogP contribution in [-0.4, -0.2) is 34.2 Å². The van der Waals surface area contributed by atoms with Crippen molar-refractivity contribution in [3.8, 4) is 11.5 Å². The Kier molecular flexibility index (Phi) is 6.99. The summed E-state index contributed by atoms with van der Waals surface area (Å²) in [7, 11) is -3.72. The molecule has 0 spiro atoms. The molecule has 2 rings (SSSR count). The minimum atomic E-state index is -3.72. The molecule has 2 aromatic rings. The molecule has 0 fully saturated rings. The highest BCUT2D eigenvalue weighted by atomic mass is 32.2. The van der Waals surface area contributed by atoms with Crippen LogP contribution in [0.2, 0.25) is 0 Å². The topological polar surface area (TPSA) is 105 Å². The first-order valence-electron chi connectivity index (χ1n) is 7.95. The van der Waals surface area contributed by atoms with E-state index in [1.165, 1.54) is 24.3 Å². The third-order valence-corrected chi connectivity index (χ3v) is 4.26. The molecule has 0 saturated heterocycles. The molecular weight excluding hydrogens is 358 g/mol. The summed E-state index contributed by atoms with van der Waals surface area (Å²) in [5.74, 6) is 0.783. The first-order valence-corrected chi connectivity index (χ1v) is 9.50. The number of carbonyl (C=O) groups excluding carboxylic acids is 1. The number of aryl methyl sites for hydroxylation is 1. The van der Waals surface area contributed by atoms with Crippen LogP contribution in [0.15, 0.2) is 53.4 Å². The Morgan fingerprint density at radius 1 is 0.962 bits per heavy atom. The maximum atomic E-state index is 11.6. The van der Waals surface area contributed by atoms with E-state index >= 15 is 0 Å². The summed E-state index contributed by atoms with van der Waals surface area (Å²) in [5, 5.41) is 5.01. The number of primary sulfonamides is 1. The molecule has 2 aromatic carbocycles. The molecule has 0 aliphatic heterocycles. The van der Waals surface area contributed by atoms with Gasteiger partial charge < -0.3 is 14.2 Å².